The number of aromatic nitrogens is 1. The van der Waals surface area contributed by atoms with E-state index in [4.69, 9.17) is 15.2 Å². The lowest BCUT2D eigenvalue weighted by Crippen LogP contribution is -2.40. The highest BCUT2D eigenvalue weighted by Crippen LogP contribution is 2.24. The van der Waals surface area contributed by atoms with Crippen LogP contribution in [0.2, 0.25) is 0 Å². The topological polar surface area (TPSA) is 82.5 Å². The first kappa shape index (κ1) is 13.5. The predicted octanol–water partition coefficient (Wildman–Crippen LogP) is 0.314. The van der Waals surface area contributed by atoms with Gasteiger partial charge in [-0.1, -0.05) is 0 Å². The number of nitrogens with zero attached hydrogens (tertiary/aromatic N) is 1. The number of pyridine rings is 1. The third-order valence-electron chi connectivity index (χ3n) is 3.00. The molecular formula is C13H17N2O4+. The monoisotopic (exact) mass is 265 g/mol. The number of carbonyl (C=O) groups is 2. The van der Waals surface area contributed by atoms with Crippen LogP contribution < -0.4 is 10.3 Å². The summed E-state index contributed by atoms with van der Waals surface area (Å²) in [5.74, 6) is -0.778. The second-order valence-corrected chi connectivity index (χ2v) is 4.50. The largest absolute Gasteiger partial charge is 0.463 e. The molecule has 0 aliphatic carbocycles. The number of ether oxygens (including phenoxy) is 2. The second-order valence-electron chi connectivity index (χ2n) is 4.50. The highest BCUT2D eigenvalue weighted by atomic mass is 16.6. The quantitative estimate of drug-likeness (QED) is 0.627. The van der Waals surface area contributed by atoms with Crippen molar-refractivity contribution in [1.82, 2.24) is 0 Å². The van der Waals surface area contributed by atoms with Crippen LogP contribution in [0.5, 0.6) is 0 Å². The van der Waals surface area contributed by atoms with Crippen LogP contribution in [0, 0.1) is 0 Å². The summed E-state index contributed by atoms with van der Waals surface area (Å²) in [7, 11) is 0. The molecule has 6 nitrogen and oxygen atoms in total. The van der Waals surface area contributed by atoms with E-state index < -0.39 is 5.91 Å². The molecule has 0 saturated carbocycles. The molecule has 0 aromatic carbocycles. The zero-order valence-electron chi connectivity index (χ0n) is 10.7. The number of hydrogen-bond acceptors (Lipinski definition) is 4. The molecule has 1 fully saturated rings. The van der Waals surface area contributed by atoms with Crippen molar-refractivity contribution >= 4 is 11.9 Å². The van der Waals surface area contributed by atoms with E-state index in [0.717, 1.165) is 12.8 Å². The van der Waals surface area contributed by atoms with Crippen LogP contribution in [0.3, 0.4) is 0 Å². The van der Waals surface area contributed by atoms with E-state index in [1.54, 1.807) is 18.3 Å². The normalized spacial score (nSPS) is 22.2. The van der Waals surface area contributed by atoms with Crippen molar-refractivity contribution in [1.29, 1.82) is 0 Å². The predicted molar refractivity (Wildman–Crippen MR) is 64.9 cm³/mol. The Balaban J connectivity index is 1.98. The van der Waals surface area contributed by atoms with Crippen LogP contribution in [0.1, 0.15) is 36.4 Å². The maximum absolute atomic E-state index is 11.1. The molecule has 2 atom stereocenters. The van der Waals surface area contributed by atoms with Crippen LogP contribution in [0.15, 0.2) is 24.5 Å². The van der Waals surface area contributed by atoms with Gasteiger partial charge >= 0.3 is 5.97 Å². The molecule has 2 N–H and O–H groups in total. The third kappa shape index (κ3) is 3.51. The molecule has 6 heteroatoms. The van der Waals surface area contributed by atoms with Gasteiger partial charge in [0.2, 0.25) is 0 Å². The molecule has 0 spiro atoms. The van der Waals surface area contributed by atoms with Gasteiger partial charge in [0.05, 0.1) is 6.10 Å². The van der Waals surface area contributed by atoms with E-state index in [9.17, 15) is 9.59 Å². The zero-order valence-corrected chi connectivity index (χ0v) is 10.7. The Bertz CT molecular complexity index is 489. The molecule has 2 unspecified atom stereocenters. The number of amides is 1. The Morgan fingerprint density at radius 3 is 3.00 bits per heavy atom. The highest BCUT2D eigenvalue weighted by molar-refractivity contribution is 5.92. The molecular weight excluding hydrogens is 248 g/mol. The minimum atomic E-state index is -0.469. The lowest BCUT2D eigenvalue weighted by molar-refractivity contribution is -0.759. The van der Waals surface area contributed by atoms with Crippen LogP contribution in [-0.4, -0.2) is 24.6 Å². The lowest BCUT2D eigenvalue weighted by Gasteiger charge is -2.10. The first-order valence-corrected chi connectivity index (χ1v) is 6.15. The van der Waals surface area contributed by atoms with Crippen molar-refractivity contribution in [2.24, 2.45) is 5.73 Å². The fraction of sp³-hybridized carbons (Fsp3) is 0.462. The van der Waals surface area contributed by atoms with E-state index in [0.29, 0.717) is 5.56 Å². The average Bonchev–Trinajstić information content (AvgIpc) is 2.85. The Hall–Kier alpha value is -1.95. The molecule has 1 aliphatic heterocycles. The molecule has 1 aliphatic rings. The van der Waals surface area contributed by atoms with Gasteiger partial charge in [0.1, 0.15) is 12.2 Å². The highest BCUT2D eigenvalue weighted by Gasteiger charge is 2.32. The van der Waals surface area contributed by atoms with Gasteiger partial charge < -0.3 is 15.2 Å². The van der Waals surface area contributed by atoms with Gasteiger partial charge in [0.15, 0.2) is 12.4 Å². The summed E-state index contributed by atoms with van der Waals surface area (Å²) in [6.07, 6.45) is 4.86. The standard InChI is InChI=1S/C13H16N2O4/c1-9(16)18-8-11-4-5-12(19-11)15-6-2-3-10(7-15)13(14)17/h2-3,6-7,11-12H,4-5,8H2,1H3,(H-,14,17)/p+1. The minimum Gasteiger partial charge on any atom is -0.463 e. The van der Waals surface area contributed by atoms with Gasteiger partial charge in [-0.2, -0.15) is 4.57 Å². The van der Waals surface area contributed by atoms with Gasteiger partial charge in [-0.25, -0.2) is 0 Å². The molecule has 19 heavy (non-hydrogen) atoms. The maximum Gasteiger partial charge on any atom is 0.302 e. The van der Waals surface area contributed by atoms with Crippen LogP contribution in [0.4, 0.5) is 0 Å². The zero-order chi connectivity index (χ0) is 13.8. The molecule has 2 rings (SSSR count). The van der Waals surface area contributed by atoms with Crippen molar-refractivity contribution in [3.05, 3.63) is 30.1 Å². The van der Waals surface area contributed by atoms with Gasteiger partial charge in [-0.3, -0.25) is 9.59 Å². The number of hydrogen-bond donors (Lipinski definition) is 1. The van der Waals surface area contributed by atoms with E-state index >= 15 is 0 Å². The molecule has 102 valence electrons. The first-order chi connectivity index (χ1) is 9.06. The van der Waals surface area contributed by atoms with Gasteiger partial charge in [-0.05, 0) is 12.5 Å². The molecule has 1 aromatic heterocycles. The number of carbonyl (C=O) groups excluding carboxylic acids is 2. The van der Waals surface area contributed by atoms with Gasteiger partial charge in [0.25, 0.3) is 12.1 Å². The molecule has 0 radical (unpaired) electrons. The second kappa shape index (κ2) is 5.79. The van der Waals surface area contributed by atoms with Crippen LogP contribution >= 0.6 is 0 Å². The molecule has 1 amide bonds. The van der Waals surface area contributed by atoms with Crippen molar-refractivity contribution in [3.63, 3.8) is 0 Å². The fourth-order valence-electron chi connectivity index (χ4n) is 2.06. The summed E-state index contributed by atoms with van der Waals surface area (Å²) in [4.78, 5) is 21.9. The van der Waals surface area contributed by atoms with Crippen LogP contribution in [-0.2, 0) is 14.3 Å². The van der Waals surface area contributed by atoms with E-state index in [1.165, 1.54) is 6.92 Å². The average molecular weight is 265 g/mol. The van der Waals surface area contributed by atoms with Crippen molar-refractivity contribution in [2.45, 2.75) is 32.1 Å². The molecule has 0 bridgehead atoms. The Morgan fingerprint density at radius 2 is 2.32 bits per heavy atom. The Kier molecular flexibility index (Phi) is 4.11. The molecule has 1 saturated heterocycles. The Morgan fingerprint density at radius 1 is 1.53 bits per heavy atom. The summed E-state index contributed by atoms with van der Waals surface area (Å²) in [6, 6.07) is 3.41. The van der Waals surface area contributed by atoms with Gasteiger partial charge in [0, 0.05) is 19.4 Å². The van der Waals surface area contributed by atoms with Crippen molar-refractivity contribution < 1.29 is 23.6 Å². The van der Waals surface area contributed by atoms with Crippen LogP contribution in [0.25, 0.3) is 0 Å². The van der Waals surface area contributed by atoms with E-state index in [2.05, 4.69) is 0 Å². The van der Waals surface area contributed by atoms with Crippen molar-refractivity contribution in [3.8, 4) is 0 Å². The summed E-state index contributed by atoms with van der Waals surface area (Å²) in [5.41, 5.74) is 5.68. The number of rotatable bonds is 4. The van der Waals surface area contributed by atoms with Crippen molar-refractivity contribution in [2.75, 3.05) is 6.61 Å². The summed E-state index contributed by atoms with van der Waals surface area (Å²) in [5, 5.41) is 0. The summed E-state index contributed by atoms with van der Waals surface area (Å²) >= 11 is 0. The summed E-state index contributed by atoms with van der Waals surface area (Å²) < 4.78 is 12.5. The fourth-order valence-corrected chi connectivity index (χ4v) is 2.06. The van der Waals surface area contributed by atoms with E-state index in [1.807, 2.05) is 10.8 Å². The number of nitrogens with two attached hydrogens (primary N) is 1. The third-order valence-corrected chi connectivity index (χ3v) is 3.00. The molecule has 2 heterocycles. The first-order valence-electron chi connectivity index (χ1n) is 6.15. The minimum absolute atomic E-state index is 0.0985. The summed E-state index contributed by atoms with van der Waals surface area (Å²) in [6.45, 7) is 1.64. The Labute approximate surface area is 111 Å². The van der Waals surface area contributed by atoms with Gasteiger partial charge in [-0.15, -0.1) is 0 Å². The lowest BCUT2D eigenvalue weighted by atomic mass is 10.2. The number of primary amides is 1. The maximum atomic E-state index is 11.1. The smallest absolute Gasteiger partial charge is 0.302 e. The molecule has 1 aromatic rings. The van der Waals surface area contributed by atoms with E-state index in [-0.39, 0.29) is 24.9 Å². The SMILES string of the molecule is CC(=O)OCC1CCC([n+]2cccc(C(N)=O)c2)O1. The number of esters is 1.